The van der Waals surface area contributed by atoms with Gasteiger partial charge in [0.05, 0.1) is 5.97 Å². The lowest BCUT2D eigenvalue weighted by Crippen LogP contribution is -2.47. The first-order valence-electron chi connectivity index (χ1n) is 4.18. The molecule has 0 spiro atoms. The Morgan fingerprint density at radius 3 is 2.36 bits per heavy atom. The molecule has 1 aliphatic rings. The van der Waals surface area contributed by atoms with Crippen molar-refractivity contribution >= 4 is 5.97 Å². The minimum absolute atomic E-state index is 0.161. The van der Waals surface area contributed by atoms with Gasteiger partial charge >= 0.3 is 0 Å². The molecule has 0 radical (unpaired) electrons. The van der Waals surface area contributed by atoms with Crippen molar-refractivity contribution in [1.82, 2.24) is 0 Å². The topological polar surface area (TPSA) is 66.2 Å². The van der Waals surface area contributed by atoms with E-state index in [1.54, 1.807) is 0 Å². The molecular weight excluding hydrogens is 142 g/mol. The molecule has 0 unspecified atom stereocenters. The Kier molecular flexibility index (Phi) is 2.88. The lowest BCUT2D eigenvalue weighted by Gasteiger charge is -2.27. The van der Waals surface area contributed by atoms with Gasteiger partial charge in [0, 0.05) is 6.04 Å². The average Bonchev–Trinajstić information content (AvgIpc) is 2.05. The number of rotatable bonds is 2. The third-order valence-electron chi connectivity index (χ3n) is 2.43. The molecule has 3 heteroatoms. The molecule has 0 saturated heterocycles. The molecule has 1 atom stereocenters. The van der Waals surface area contributed by atoms with Crippen molar-refractivity contribution in [3.05, 3.63) is 0 Å². The normalized spacial score (nSPS) is 23.0. The summed E-state index contributed by atoms with van der Waals surface area (Å²) in [5, 5.41) is 10.4. The van der Waals surface area contributed by atoms with Gasteiger partial charge in [0.25, 0.3) is 0 Å². The maximum Gasteiger partial charge on any atom is 0.0585 e. The van der Waals surface area contributed by atoms with Crippen LogP contribution in [-0.2, 0) is 4.79 Å². The van der Waals surface area contributed by atoms with Crippen LogP contribution in [0.3, 0.4) is 0 Å². The van der Waals surface area contributed by atoms with Crippen molar-refractivity contribution in [2.75, 3.05) is 0 Å². The molecule has 1 aliphatic carbocycles. The van der Waals surface area contributed by atoms with Gasteiger partial charge in [-0.15, -0.1) is 0 Å². The summed E-state index contributed by atoms with van der Waals surface area (Å²) >= 11 is 0. The van der Waals surface area contributed by atoms with Crippen LogP contribution in [0.15, 0.2) is 0 Å². The highest BCUT2D eigenvalue weighted by Crippen LogP contribution is 2.25. The summed E-state index contributed by atoms with van der Waals surface area (Å²) in [6.07, 6.45) is 5.36. The van der Waals surface area contributed by atoms with Gasteiger partial charge in [-0.1, -0.05) is 19.3 Å². The summed E-state index contributed by atoms with van der Waals surface area (Å²) in [5.74, 6) is -0.939. The summed E-state index contributed by atoms with van der Waals surface area (Å²) in [6.45, 7) is 0. The molecule has 11 heavy (non-hydrogen) atoms. The average molecular weight is 156 g/mol. The zero-order valence-electron chi connectivity index (χ0n) is 6.58. The highest BCUT2D eigenvalue weighted by Gasteiger charge is 2.20. The van der Waals surface area contributed by atoms with E-state index in [-0.39, 0.29) is 5.92 Å². The second kappa shape index (κ2) is 3.72. The Hall–Kier alpha value is -0.570. The molecule has 1 fully saturated rings. The first kappa shape index (κ1) is 8.53. The number of hydrogen-bond acceptors (Lipinski definition) is 3. The predicted molar refractivity (Wildman–Crippen MR) is 39.6 cm³/mol. The number of carboxylic acids is 1. The number of hydrogen-bond donors (Lipinski definition) is 1. The van der Waals surface area contributed by atoms with Gasteiger partial charge in [0.15, 0.2) is 0 Å². The van der Waals surface area contributed by atoms with E-state index in [9.17, 15) is 9.90 Å². The summed E-state index contributed by atoms with van der Waals surface area (Å²) in [7, 11) is 0. The van der Waals surface area contributed by atoms with Crippen LogP contribution in [0.2, 0.25) is 0 Å². The van der Waals surface area contributed by atoms with Crippen LogP contribution in [0.5, 0.6) is 0 Å². The third kappa shape index (κ3) is 2.19. The van der Waals surface area contributed by atoms with E-state index in [1.807, 2.05) is 0 Å². The van der Waals surface area contributed by atoms with Crippen LogP contribution in [0.25, 0.3) is 0 Å². The third-order valence-corrected chi connectivity index (χ3v) is 2.43. The van der Waals surface area contributed by atoms with Crippen molar-refractivity contribution in [2.45, 2.75) is 38.1 Å². The SMILES string of the molecule is N[C@H](C(=O)[O-])C1CCCCC1. The van der Waals surface area contributed by atoms with Crippen molar-refractivity contribution in [1.29, 1.82) is 0 Å². The van der Waals surface area contributed by atoms with Gasteiger partial charge in [0.2, 0.25) is 0 Å². The molecule has 1 rings (SSSR count). The lowest BCUT2D eigenvalue weighted by atomic mass is 9.84. The summed E-state index contributed by atoms with van der Waals surface area (Å²) in [6, 6.07) is -0.740. The van der Waals surface area contributed by atoms with Crippen LogP contribution < -0.4 is 10.8 Å². The first-order valence-corrected chi connectivity index (χ1v) is 4.18. The number of carboxylic acid groups (broad SMARTS) is 1. The highest BCUT2D eigenvalue weighted by atomic mass is 16.4. The fourth-order valence-electron chi connectivity index (χ4n) is 1.69. The molecule has 1 saturated carbocycles. The van der Waals surface area contributed by atoms with E-state index in [2.05, 4.69) is 0 Å². The largest absolute Gasteiger partial charge is 0.548 e. The fourth-order valence-corrected chi connectivity index (χ4v) is 1.69. The van der Waals surface area contributed by atoms with Gasteiger partial charge in [0.1, 0.15) is 0 Å². The Bertz CT molecular complexity index is 141. The highest BCUT2D eigenvalue weighted by molar-refractivity contribution is 5.71. The van der Waals surface area contributed by atoms with Crippen LogP contribution >= 0.6 is 0 Å². The molecule has 0 heterocycles. The Morgan fingerprint density at radius 1 is 1.36 bits per heavy atom. The summed E-state index contributed by atoms with van der Waals surface area (Å²) in [5.41, 5.74) is 5.43. The Morgan fingerprint density at radius 2 is 1.91 bits per heavy atom. The van der Waals surface area contributed by atoms with Crippen molar-refractivity contribution in [2.24, 2.45) is 11.7 Å². The smallest absolute Gasteiger partial charge is 0.0585 e. The molecule has 0 aromatic rings. The molecule has 0 amide bonds. The van der Waals surface area contributed by atoms with E-state index >= 15 is 0 Å². The van der Waals surface area contributed by atoms with Crippen molar-refractivity contribution in [3.8, 4) is 0 Å². The number of nitrogens with two attached hydrogens (primary N) is 1. The van der Waals surface area contributed by atoms with Gasteiger partial charge < -0.3 is 15.6 Å². The minimum Gasteiger partial charge on any atom is -0.548 e. The zero-order valence-corrected chi connectivity index (χ0v) is 6.58. The Labute approximate surface area is 66.6 Å². The fraction of sp³-hybridized carbons (Fsp3) is 0.875. The minimum atomic E-state index is -1.10. The maximum atomic E-state index is 10.4. The van der Waals surface area contributed by atoms with Gasteiger partial charge in [-0.3, -0.25) is 0 Å². The second-order valence-corrected chi connectivity index (χ2v) is 3.24. The van der Waals surface area contributed by atoms with Crippen LogP contribution in [-0.4, -0.2) is 12.0 Å². The molecule has 3 nitrogen and oxygen atoms in total. The maximum absolute atomic E-state index is 10.4. The van der Waals surface area contributed by atoms with E-state index in [4.69, 9.17) is 5.73 Å². The molecule has 2 N–H and O–H groups in total. The molecule has 64 valence electrons. The van der Waals surface area contributed by atoms with Crippen molar-refractivity contribution < 1.29 is 9.90 Å². The molecule has 0 aliphatic heterocycles. The number of carbonyl (C=O) groups is 1. The molecule has 0 bridgehead atoms. The van der Waals surface area contributed by atoms with E-state index in [1.165, 1.54) is 6.42 Å². The van der Waals surface area contributed by atoms with Gasteiger partial charge in [-0.05, 0) is 18.8 Å². The van der Waals surface area contributed by atoms with Gasteiger partial charge in [-0.25, -0.2) is 0 Å². The standard InChI is InChI=1S/C8H15NO2/c9-7(8(10)11)6-4-2-1-3-5-6/h6-7H,1-5,9H2,(H,10,11)/p-1/t7-/m0/s1. The monoisotopic (exact) mass is 156 g/mol. The van der Waals surface area contributed by atoms with E-state index in [0.29, 0.717) is 0 Å². The van der Waals surface area contributed by atoms with E-state index in [0.717, 1.165) is 25.7 Å². The summed E-state index contributed by atoms with van der Waals surface area (Å²) in [4.78, 5) is 10.4. The number of aliphatic carboxylic acids is 1. The van der Waals surface area contributed by atoms with Gasteiger partial charge in [-0.2, -0.15) is 0 Å². The molecule has 0 aromatic carbocycles. The van der Waals surface area contributed by atoms with Crippen LogP contribution in [0.4, 0.5) is 0 Å². The second-order valence-electron chi connectivity index (χ2n) is 3.24. The first-order chi connectivity index (χ1) is 5.22. The number of carbonyl (C=O) groups excluding carboxylic acids is 1. The van der Waals surface area contributed by atoms with Crippen LogP contribution in [0.1, 0.15) is 32.1 Å². The van der Waals surface area contributed by atoms with Crippen LogP contribution in [0, 0.1) is 5.92 Å². The quantitative estimate of drug-likeness (QED) is 0.594. The summed E-state index contributed by atoms with van der Waals surface area (Å²) < 4.78 is 0. The van der Waals surface area contributed by atoms with E-state index < -0.39 is 12.0 Å². The predicted octanol–water partition coefficient (Wildman–Crippen LogP) is -0.356. The zero-order chi connectivity index (χ0) is 8.27. The van der Waals surface area contributed by atoms with Crippen molar-refractivity contribution in [3.63, 3.8) is 0 Å². The molecule has 0 aromatic heterocycles. The molecular formula is C8H14NO2-. The lowest BCUT2D eigenvalue weighted by molar-refractivity contribution is -0.309. The Balaban J connectivity index is 2.38.